The third kappa shape index (κ3) is 3.16. The molecular formula is C12H10BrF4N3O2. The monoisotopic (exact) mass is 383 g/mol. The molecule has 22 heavy (non-hydrogen) atoms. The Labute approximate surface area is 130 Å². The van der Waals surface area contributed by atoms with Gasteiger partial charge in [-0.15, -0.1) is 0 Å². The van der Waals surface area contributed by atoms with E-state index < -0.39 is 35.4 Å². The van der Waals surface area contributed by atoms with Gasteiger partial charge in [0.25, 0.3) is 0 Å². The molecule has 0 fully saturated rings. The number of dihydropyridines is 1. The second-order valence-electron chi connectivity index (χ2n) is 4.18. The highest BCUT2D eigenvalue weighted by Crippen LogP contribution is 2.35. The molecule has 0 saturated carbocycles. The minimum absolute atomic E-state index is 0.0671. The van der Waals surface area contributed by atoms with Crippen LogP contribution >= 0.6 is 15.9 Å². The molecule has 2 rings (SSSR count). The fraction of sp³-hybridized carbons (Fsp3) is 0.333. The standard InChI is InChI=1S/C12H10BrF4N3O2/c1-2-22-11(21)6-5-18-20(9(6)12(15,16)17)8-4-3-7(14)10(13)19-8/h3-5,8,19H,2H2,1H3. The molecule has 0 aromatic carbocycles. The summed E-state index contributed by atoms with van der Waals surface area (Å²) in [5, 5.41) is 6.05. The highest BCUT2D eigenvalue weighted by Gasteiger charge is 2.42. The number of aromatic nitrogens is 2. The molecule has 5 nitrogen and oxygen atoms in total. The van der Waals surface area contributed by atoms with Crippen LogP contribution in [-0.4, -0.2) is 22.4 Å². The van der Waals surface area contributed by atoms with E-state index in [9.17, 15) is 22.4 Å². The van der Waals surface area contributed by atoms with Crippen molar-refractivity contribution in [2.45, 2.75) is 19.3 Å². The zero-order valence-electron chi connectivity index (χ0n) is 11.1. The normalized spacial score (nSPS) is 18.4. The largest absolute Gasteiger partial charge is 0.462 e. The van der Waals surface area contributed by atoms with Crippen LogP contribution < -0.4 is 5.32 Å². The first-order valence-corrected chi connectivity index (χ1v) is 6.86. The van der Waals surface area contributed by atoms with Crippen LogP contribution in [-0.2, 0) is 10.9 Å². The van der Waals surface area contributed by atoms with E-state index in [-0.39, 0.29) is 11.2 Å². The molecule has 1 aromatic rings. The number of nitrogens with zero attached hydrogens (tertiary/aromatic N) is 2. The number of ether oxygens (including phenoxy) is 1. The fourth-order valence-corrected chi connectivity index (χ4v) is 2.22. The lowest BCUT2D eigenvalue weighted by Crippen LogP contribution is -2.30. The minimum atomic E-state index is -4.83. The van der Waals surface area contributed by atoms with E-state index in [4.69, 9.17) is 0 Å². The summed E-state index contributed by atoms with van der Waals surface area (Å²) in [6.07, 6.45) is -3.01. The summed E-state index contributed by atoms with van der Waals surface area (Å²) in [5.74, 6) is -1.79. The number of hydrogen-bond donors (Lipinski definition) is 1. The summed E-state index contributed by atoms with van der Waals surface area (Å²) in [4.78, 5) is 11.6. The summed E-state index contributed by atoms with van der Waals surface area (Å²) >= 11 is 2.86. The summed E-state index contributed by atoms with van der Waals surface area (Å²) in [7, 11) is 0. The van der Waals surface area contributed by atoms with Crippen LogP contribution in [0.3, 0.4) is 0 Å². The molecule has 0 bridgehead atoms. The average Bonchev–Trinajstić information content (AvgIpc) is 2.87. The average molecular weight is 384 g/mol. The number of carbonyl (C=O) groups is 1. The molecule has 2 heterocycles. The Balaban J connectivity index is 2.46. The Morgan fingerprint density at radius 2 is 2.23 bits per heavy atom. The van der Waals surface area contributed by atoms with Gasteiger partial charge >= 0.3 is 12.1 Å². The zero-order valence-corrected chi connectivity index (χ0v) is 12.7. The second-order valence-corrected chi connectivity index (χ2v) is 4.97. The number of alkyl halides is 3. The Hall–Kier alpha value is -1.84. The summed E-state index contributed by atoms with van der Waals surface area (Å²) < 4.78 is 58.0. The van der Waals surface area contributed by atoms with E-state index in [1.165, 1.54) is 6.92 Å². The Bertz CT molecular complexity index is 651. The van der Waals surface area contributed by atoms with Gasteiger partial charge in [0.05, 0.1) is 12.8 Å². The summed E-state index contributed by atoms with van der Waals surface area (Å²) in [5.41, 5.74) is -1.97. The van der Waals surface area contributed by atoms with Crippen molar-refractivity contribution in [1.29, 1.82) is 0 Å². The van der Waals surface area contributed by atoms with Crippen LogP contribution in [0.2, 0.25) is 0 Å². The predicted octanol–water partition coefficient (Wildman–Crippen LogP) is 3.27. The first-order valence-electron chi connectivity index (χ1n) is 6.07. The highest BCUT2D eigenvalue weighted by molar-refractivity contribution is 9.11. The zero-order chi connectivity index (χ0) is 16.5. The fourth-order valence-electron chi connectivity index (χ4n) is 1.85. The van der Waals surface area contributed by atoms with Gasteiger partial charge in [-0.2, -0.15) is 18.3 Å². The van der Waals surface area contributed by atoms with Crippen molar-refractivity contribution in [3.63, 3.8) is 0 Å². The molecule has 0 saturated heterocycles. The Morgan fingerprint density at radius 3 is 2.77 bits per heavy atom. The predicted molar refractivity (Wildman–Crippen MR) is 71.6 cm³/mol. The smallest absolute Gasteiger partial charge is 0.434 e. The lowest BCUT2D eigenvalue weighted by molar-refractivity contribution is -0.145. The van der Waals surface area contributed by atoms with Crippen LogP contribution in [0.15, 0.2) is 28.8 Å². The van der Waals surface area contributed by atoms with Crippen LogP contribution in [0.5, 0.6) is 0 Å². The minimum Gasteiger partial charge on any atom is -0.462 e. The molecular weight excluding hydrogens is 374 g/mol. The van der Waals surface area contributed by atoms with E-state index in [1.54, 1.807) is 0 Å². The van der Waals surface area contributed by atoms with E-state index in [1.807, 2.05) is 0 Å². The molecule has 1 unspecified atom stereocenters. The quantitative estimate of drug-likeness (QED) is 0.494. The van der Waals surface area contributed by atoms with Crippen LogP contribution in [0.1, 0.15) is 29.1 Å². The number of nitrogens with one attached hydrogen (secondary N) is 1. The molecule has 120 valence electrons. The molecule has 0 amide bonds. The number of rotatable bonds is 3. The van der Waals surface area contributed by atoms with Gasteiger partial charge in [-0.3, -0.25) is 0 Å². The van der Waals surface area contributed by atoms with Gasteiger partial charge in [-0.1, -0.05) is 0 Å². The lowest BCUT2D eigenvalue weighted by atomic mass is 10.2. The van der Waals surface area contributed by atoms with Crippen molar-refractivity contribution in [2.24, 2.45) is 0 Å². The maximum absolute atomic E-state index is 13.3. The molecule has 10 heteroatoms. The molecule has 0 spiro atoms. The maximum atomic E-state index is 13.3. The number of carbonyl (C=O) groups excluding carboxylic acids is 1. The Morgan fingerprint density at radius 1 is 1.55 bits per heavy atom. The maximum Gasteiger partial charge on any atom is 0.434 e. The van der Waals surface area contributed by atoms with E-state index in [0.717, 1.165) is 18.3 Å². The van der Waals surface area contributed by atoms with E-state index in [2.05, 4.69) is 31.1 Å². The molecule has 1 N–H and O–H groups in total. The van der Waals surface area contributed by atoms with E-state index in [0.29, 0.717) is 4.68 Å². The molecule has 1 aliphatic rings. The van der Waals surface area contributed by atoms with Gasteiger partial charge in [0.15, 0.2) is 11.5 Å². The third-order valence-electron chi connectivity index (χ3n) is 2.73. The van der Waals surface area contributed by atoms with Gasteiger partial charge in [-0.05, 0) is 35.0 Å². The lowest BCUT2D eigenvalue weighted by Gasteiger charge is -2.22. The SMILES string of the molecule is CCOC(=O)c1cnn(C2C=CC(F)=C(Br)N2)c1C(F)(F)F. The number of esters is 1. The van der Waals surface area contributed by atoms with Gasteiger partial charge in [-0.25, -0.2) is 13.9 Å². The van der Waals surface area contributed by atoms with Crippen LogP contribution in [0, 0.1) is 0 Å². The van der Waals surface area contributed by atoms with Gasteiger partial charge in [0.2, 0.25) is 0 Å². The van der Waals surface area contributed by atoms with Crippen molar-refractivity contribution in [2.75, 3.05) is 6.61 Å². The molecule has 1 aliphatic heterocycles. The van der Waals surface area contributed by atoms with Crippen LogP contribution in [0.4, 0.5) is 17.6 Å². The molecule has 1 aromatic heterocycles. The molecule has 0 aliphatic carbocycles. The van der Waals surface area contributed by atoms with Crippen molar-refractivity contribution < 1.29 is 27.1 Å². The Kier molecular flexibility index (Phi) is 4.59. The van der Waals surface area contributed by atoms with Crippen LogP contribution in [0.25, 0.3) is 0 Å². The van der Waals surface area contributed by atoms with Crippen molar-refractivity contribution in [1.82, 2.24) is 15.1 Å². The molecule has 0 radical (unpaired) electrons. The third-order valence-corrected chi connectivity index (χ3v) is 3.34. The number of halogens is 5. The van der Waals surface area contributed by atoms with Gasteiger partial charge < -0.3 is 10.1 Å². The summed E-state index contributed by atoms with van der Waals surface area (Å²) in [6.45, 7) is 1.41. The second kappa shape index (κ2) is 6.11. The first kappa shape index (κ1) is 16.5. The summed E-state index contributed by atoms with van der Waals surface area (Å²) in [6, 6.07) is 0. The number of hydrogen-bond acceptors (Lipinski definition) is 4. The highest BCUT2D eigenvalue weighted by atomic mass is 79.9. The number of allylic oxidation sites excluding steroid dienone is 2. The van der Waals surface area contributed by atoms with Crippen molar-refractivity contribution >= 4 is 21.9 Å². The molecule has 1 atom stereocenters. The van der Waals surface area contributed by atoms with Crippen molar-refractivity contribution in [3.8, 4) is 0 Å². The van der Waals surface area contributed by atoms with Gasteiger partial charge in [0, 0.05) is 0 Å². The van der Waals surface area contributed by atoms with E-state index >= 15 is 0 Å². The topological polar surface area (TPSA) is 56.1 Å². The first-order chi connectivity index (χ1) is 10.3. The van der Waals surface area contributed by atoms with Crippen molar-refractivity contribution in [3.05, 3.63) is 40.0 Å². The van der Waals surface area contributed by atoms with Gasteiger partial charge in [0.1, 0.15) is 16.3 Å².